The highest BCUT2D eigenvalue weighted by molar-refractivity contribution is 9.10. The van der Waals surface area contributed by atoms with Crippen LogP contribution in [-0.2, 0) is 11.3 Å². The van der Waals surface area contributed by atoms with Crippen LogP contribution in [0.25, 0.3) is 0 Å². The second kappa shape index (κ2) is 6.29. The Labute approximate surface area is 119 Å². The molecule has 0 atom stereocenters. The molecule has 2 rings (SSSR count). The maximum Gasteiger partial charge on any atom is 0.411 e. The summed E-state index contributed by atoms with van der Waals surface area (Å²) in [6, 6.07) is 9.15. The van der Waals surface area contributed by atoms with Crippen molar-refractivity contribution >= 4 is 33.4 Å². The molecule has 0 spiro atoms. The Kier molecular flexibility index (Phi) is 4.46. The molecule has 0 saturated carbocycles. The van der Waals surface area contributed by atoms with Crippen molar-refractivity contribution < 1.29 is 13.9 Å². The van der Waals surface area contributed by atoms with Crippen LogP contribution < -0.4 is 10.6 Å². The van der Waals surface area contributed by atoms with Crippen molar-refractivity contribution in [1.82, 2.24) is 0 Å². The van der Waals surface area contributed by atoms with Gasteiger partial charge in [0.25, 0.3) is 0 Å². The molecular formula is C13H13BrN2O3. The molecule has 1 aromatic carbocycles. The van der Waals surface area contributed by atoms with Crippen LogP contribution in [0, 0.1) is 0 Å². The topological polar surface area (TPSA) is 63.5 Å². The predicted molar refractivity (Wildman–Crippen MR) is 76.2 cm³/mol. The zero-order valence-corrected chi connectivity index (χ0v) is 11.9. The van der Waals surface area contributed by atoms with E-state index in [-0.39, 0.29) is 0 Å². The van der Waals surface area contributed by atoms with Crippen LogP contribution in [0.2, 0.25) is 0 Å². The van der Waals surface area contributed by atoms with Crippen LogP contribution in [0.3, 0.4) is 0 Å². The lowest BCUT2D eigenvalue weighted by Crippen LogP contribution is -2.10. The number of nitrogens with one attached hydrogen (secondary N) is 2. The molecule has 0 bridgehead atoms. The molecule has 0 saturated heterocycles. The number of benzene rings is 1. The first-order valence-corrected chi connectivity index (χ1v) is 6.39. The molecule has 0 aliphatic carbocycles. The van der Waals surface area contributed by atoms with Crippen LogP contribution in [0.15, 0.2) is 45.5 Å². The summed E-state index contributed by atoms with van der Waals surface area (Å²) < 4.78 is 10.7. The zero-order chi connectivity index (χ0) is 13.7. The minimum atomic E-state index is -0.486. The van der Waals surface area contributed by atoms with Gasteiger partial charge in [-0.2, -0.15) is 0 Å². The van der Waals surface area contributed by atoms with E-state index in [1.807, 2.05) is 18.2 Å². The van der Waals surface area contributed by atoms with Crippen molar-refractivity contribution in [1.29, 1.82) is 0 Å². The molecule has 6 heteroatoms. The molecule has 0 aliphatic rings. The number of furan rings is 1. The van der Waals surface area contributed by atoms with Gasteiger partial charge in [0.1, 0.15) is 5.76 Å². The first-order valence-electron chi connectivity index (χ1n) is 5.60. The Morgan fingerprint density at radius 2 is 1.95 bits per heavy atom. The van der Waals surface area contributed by atoms with Gasteiger partial charge in [0.2, 0.25) is 0 Å². The quantitative estimate of drug-likeness (QED) is 0.897. The molecular weight excluding hydrogens is 312 g/mol. The van der Waals surface area contributed by atoms with Gasteiger partial charge in [0.05, 0.1) is 24.4 Å². The maximum absolute atomic E-state index is 11.0. The van der Waals surface area contributed by atoms with E-state index >= 15 is 0 Å². The third-order valence-corrected chi connectivity index (χ3v) is 3.17. The van der Waals surface area contributed by atoms with E-state index in [4.69, 9.17) is 4.42 Å². The van der Waals surface area contributed by atoms with E-state index in [0.717, 1.165) is 15.9 Å². The number of methoxy groups -OCH3 is 1. The van der Waals surface area contributed by atoms with Gasteiger partial charge < -0.3 is 14.5 Å². The zero-order valence-electron chi connectivity index (χ0n) is 10.3. The second-order valence-corrected chi connectivity index (χ2v) is 4.59. The van der Waals surface area contributed by atoms with Gasteiger partial charge in [-0.1, -0.05) is 0 Å². The SMILES string of the molecule is COC(=O)Nc1ccc(NCc2occc2Br)cc1. The van der Waals surface area contributed by atoms with E-state index in [1.54, 1.807) is 18.4 Å². The fourth-order valence-electron chi connectivity index (χ4n) is 1.47. The van der Waals surface area contributed by atoms with Gasteiger partial charge in [0.15, 0.2) is 0 Å². The summed E-state index contributed by atoms with van der Waals surface area (Å²) in [5.74, 6) is 0.830. The number of hydrogen-bond acceptors (Lipinski definition) is 4. The number of carbonyl (C=O) groups is 1. The van der Waals surface area contributed by atoms with E-state index in [9.17, 15) is 4.79 Å². The van der Waals surface area contributed by atoms with Crippen LogP contribution in [0.5, 0.6) is 0 Å². The minimum absolute atomic E-state index is 0.486. The van der Waals surface area contributed by atoms with Crippen LogP contribution in [0.4, 0.5) is 16.2 Å². The Morgan fingerprint density at radius 3 is 2.53 bits per heavy atom. The number of hydrogen-bond donors (Lipinski definition) is 2. The number of amides is 1. The molecule has 0 unspecified atom stereocenters. The third kappa shape index (κ3) is 3.75. The molecule has 0 aliphatic heterocycles. The van der Waals surface area contributed by atoms with Crippen molar-refractivity contribution in [2.24, 2.45) is 0 Å². The van der Waals surface area contributed by atoms with E-state index in [0.29, 0.717) is 12.2 Å². The highest BCUT2D eigenvalue weighted by atomic mass is 79.9. The van der Waals surface area contributed by atoms with Gasteiger partial charge in [-0.05, 0) is 46.3 Å². The molecule has 19 heavy (non-hydrogen) atoms. The molecule has 1 aromatic heterocycles. The molecule has 1 heterocycles. The molecule has 2 N–H and O–H groups in total. The number of anilines is 2. The van der Waals surface area contributed by atoms with Crippen molar-refractivity contribution in [3.63, 3.8) is 0 Å². The van der Waals surface area contributed by atoms with E-state index in [1.165, 1.54) is 7.11 Å². The van der Waals surface area contributed by atoms with Crippen molar-refractivity contribution in [2.75, 3.05) is 17.7 Å². The summed E-state index contributed by atoms with van der Waals surface area (Å²) >= 11 is 3.39. The standard InChI is InChI=1S/C13H13BrN2O3/c1-18-13(17)16-10-4-2-9(3-5-10)15-8-12-11(14)6-7-19-12/h2-7,15H,8H2,1H3,(H,16,17). The Bertz CT molecular complexity index is 551. The lowest BCUT2D eigenvalue weighted by molar-refractivity contribution is 0.187. The highest BCUT2D eigenvalue weighted by Crippen LogP contribution is 2.20. The van der Waals surface area contributed by atoms with Crippen LogP contribution in [0.1, 0.15) is 5.76 Å². The van der Waals surface area contributed by atoms with Crippen molar-refractivity contribution in [3.05, 3.63) is 46.8 Å². The number of ether oxygens (including phenoxy) is 1. The lowest BCUT2D eigenvalue weighted by atomic mass is 10.2. The first-order chi connectivity index (χ1) is 9.19. The molecule has 1 amide bonds. The fourth-order valence-corrected chi connectivity index (χ4v) is 1.82. The Hall–Kier alpha value is -1.95. The Balaban J connectivity index is 1.92. The van der Waals surface area contributed by atoms with Gasteiger partial charge in [0, 0.05) is 11.4 Å². The third-order valence-electron chi connectivity index (χ3n) is 2.46. The molecule has 0 fully saturated rings. The van der Waals surface area contributed by atoms with Gasteiger partial charge >= 0.3 is 6.09 Å². The average molecular weight is 325 g/mol. The number of carbonyl (C=O) groups excluding carboxylic acids is 1. The fraction of sp³-hybridized carbons (Fsp3) is 0.154. The smallest absolute Gasteiger partial charge is 0.411 e. The summed E-state index contributed by atoms with van der Waals surface area (Å²) in [6.07, 6.45) is 1.14. The van der Waals surface area contributed by atoms with Crippen LogP contribution >= 0.6 is 15.9 Å². The largest absolute Gasteiger partial charge is 0.466 e. The lowest BCUT2D eigenvalue weighted by Gasteiger charge is -2.07. The van der Waals surface area contributed by atoms with Gasteiger partial charge in [-0.3, -0.25) is 5.32 Å². The molecule has 100 valence electrons. The van der Waals surface area contributed by atoms with Gasteiger partial charge in [-0.25, -0.2) is 4.79 Å². The minimum Gasteiger partial charge on any atom is -0.466 e. The van der Waals surface area contributed by atoms with E-state index in [2.05, 4.69) is 31.3 Å². The summed E-state index contributed by atoms with van der Waals surface area (Å²) in [5.41, 5.74) is 1.61. The van der Waals surface area contributed by atoms with Crippen LogP contribution in [-0.4, -0.2) is 13.2 Å². The summed E-state index contributed by atoms with van der Waals surface area (Å²) in [7, 11) is 1.33. The first kappa shape index (κ1) is 13.5. The predicted octanol–water partition coefficient (Wildman–Crippen LogP) is 3.83. The second-order valence-electron chi connectivity index (χ2n) is 3.74. The number of halogens is 1. The number of rotatable bonds is 4. The maximum atomic E-state index is 11.0. The van der Waals surface area contributed by atoms with Gasteiger partial charge in [-0.15, -0.1) is 0 Å². The molecule has 2 aromatic rings. The summed E-state index contributed by atoms with van der Waals surface area (Å²) in [5, 5.41) is 5.80. The summed E-state index contributed by atoms with van der Waals surface area (Å²) in [4.78, 5) is 11.0. The monoisotopic (exact) mass is 324 g/mol. The molecule has 0 radical (unpaired) electrons. The van der Waals surface area contributed by atoms with E-state index < -0.39 is 6.09 Å². The average Bonchev–Trinajstić information content (AvgIpc) is 2.83. The normalized spacial score (nSPS) is 10.0. The van der Waals surface area contributed by atoms with Crippen molar-refractivity contribution in [3.8, 4) is 0 Å². The Morgan fingerprint density at radius 1 is 1.26 bits per heavy atom. The highest BCUT2D eigenvalue weighted by Gasteiger charge is 2.03. The van der Waals surface area contributed by atoms with Crippen molar-refractivity contribution in [2.45, 2.75) is 6.54 Å². The molecule has 5 nitrogen and oxygen atoms in total. The summed E-state index contributed by atoms with van der Waals surface area (Å²) in [6.45, 7) is 0.581.